The van der Waals surface area contributed by atoms with E-state index in [1.54, 1.807) is 6.92 Å². The van der Waals surface area contributed by atoms with Crippen molar-refractivity contribution in [2.45, 2.75) is 13.3 Å². The number of pyridine rings is 1. The predicted octanol–water partition coefficient (Wildman–Crippen LogP) is 3.02. The van der Waals surface area contributed by atoms with Crippen LogP contribution in [-0.2, 0) is 6.42 Å². The fourth-order valence-electron chi connectivity index (χ4n) is 2.17. The molecule has 6 heteroatoms. The first kappa shape index (κ1) is 13.8. The second-order valence-corrected chi connectivity index (χ2v) is 5.44. The highest BCUT2D eigenvalue weighted by molar-refractivity contribution is 9.10. The maximum atomic E-state index is 11.9. The second kappa shape index (κ2) is 5.29. The molecule has 2 N–H and O–H groups in total. The van der Waals surface area contributed by atoms with Crippen LogP contribution in [0.5, 0.6) is 5.88 Å². The standard InChI is InChI=1S/C15H12BrN3O2/c1-2-9-14(20)18-13(19-15(9)21)12-10(16)7-8-5-3-4-6-11(8)17-12/h3-7H,2H2,1H3,(H2,18,19,20,21). The number of aromatic amines is 1. The molecule has 21 heavy (non-hydrogen) atoms. The number of nitrogens with one attached hydrogen (secondary N) is 1. The highest BCUT2D eigenvalue weighted by Crippen LogP contribution is 2.28. The molecule has 0 aliphatic carbocycles. The molecule has 0 spiro atoms. The molecule has 2 heterocycles. The molecular weight excluding hydrogens is 334 g/mol. The van der Waals surface area contributed by atoms with Gasteiger partial charge in [-0.1, -0.05) is 25.1 Å². The highest BCUT2D eigenvalue weighted by atomic mass is 79.9. The van der Waals surface area contributed by atoms with Gasteiger partial charge in [-0.2, -0.15) is 4.98 Å². The topological polar surface area (TPSA) is 78.9 Å². The summed E-state index contributed by atoms with van der Waals surface area (Å²) < 4.78 is 0.702. The van der Waals surface area contributed by atoms with Crippen LogP contribution < -0.4 is 5.56 Å². The Kier molecular flexibility index (Phi) is 3.47. The van der Waals surface area contributed by atoms with Gasteiger partial charge in [0.2, 0.25) is 5.88 Å². The molecule has 0 aliphatic rings. The van der Waals surface area contributed by atoms with Crippen LogP contribution in [0.15, 0.2) is 39.6 Å². The quantitative estimate of drug-likeness (QED) is 0.748. The van der Waals surface area contributed by atoms with Gasteiger partial charge in [0.25, 0.3) is 5.56 Å². The van der Waals surface area contributed by atoms with Crippen molar-refractivity contribution < 1.29 is 5.11 Å². The molecule has 1 aromatic carbocycles. The number of H-pyrrole nitrogens is 1. The number of rotatable bonds is 2. The normalized spacial score (nSPS) is 11.0. The number of aromatic hydroxyl groups is 1. The molecule has 0 saturated carbocycles. The fourth-order valence-corrected chi connectivity index (χ4v) is 2.70. The lowest BCUT2D eigenvalue weighted by molar-refractivity contribution is 0.444. The second-order valence-electron chi connectivity index (χ2n) is 4.58. The van der Waals surface area contributed by atoms with E-state index in [-0.39, 0.29) is 22.8 Å². The van der Waals surface area contributed by atoms with E-state index in [1.807, 2.05) is 30.3 Å². The first-order chi connectivity index (χ1) is 10.1. The number of fused-ring (bicyclic) bond motifs is 1. The third kappa shape index (κ3) is 2.42. The zero-order chi connectivity index (χ0) is 15.0. The predicted molar refractivity (Wildman–Crippen MR) is 84.3 cm³/mol. The van der Waals surface area contributed by atoms with E-state index >= 15 is 0 Å². The van der Waals surface area contributed by atoms with Crippen molar-refractivity contribution in [1.29, 1.82) is 0 Å². The molecule has 3 aromatic rings. The lowest BCUT2D eigenvalue weighted by atomic mass is 10.2. The molecule has 0 saturated heterocycles. The molecule has 2 aromatic heterocycles. The zero-order valence-corrected chi connectivity index (χ0v) is 12.8. The van der Waals surface area contributed by atoms with Crippen LogP contribution in [0, 0.1) is 0 Å². The van der Waals surface area contributed by atoms with E-state index in [0.29, 0.717) is 16.6 Å². The van der Waals surface area contributed by atoms with Gasteiger partial charge in [-0.05, 0) is 34.5 Å². The molecule has 3 rings (SSSR count). The van der Waals surface area contributed by atoms with Gasteiger partial charge in [-0.25, -0.2) is 4.98 Å². The summed E-state index contributed by atoms with van der Waals surface area (Å²) in [6.07, 6.45) is 0.417. The molecule has 0 bridgehead atoms. The molecule has 5 nitrogen and oxygen atoms in total. The minimum atomic E-state index is -0.346. The largest absolute Gasteiger partial charge is 0.493 e. The Bertz CT molecular complexity index is 890. The van der Waals surface area contributed by atoms with Crippen molar-refractivity contribution in [3.63, 3.8) is 0 Å². The molecule has 0 unspecified atom stereocenters. The van der Waals surface area contributed by atoms with Crippen molar-refractivity contribution in [2.75, 3.05) is 0 Å². The number of hydrogen-bond donors (Lipinski definition) is 2. The van der Waals surface area contributed by atoms with Gasteiger partial charge in [-0.3, -0.25) is 4.79 Å². The van der Waals surface area contributed by atoms with E-state index in [2.05, 4.69) is 30.9 Å². The van der Waals surface area contributed by atoms with Crippen LogP contribution in [-0.4, -0.2) is 20.1 Å². The highest BCUT2D eigenvalue weighted by Gasteiger charge is 2.14. The summed E-state index contributed by atoms with van der Waals surface area (Å²) in [5, 5.41) is 10.8. The Morgan fingerprint density at radius 3 is 2.76 bits per heavy atom. The summed E-state index contributed by atoms with van der Waals surface area (Å²) >= 11 is 3.43. The number of hydrogen-bond acceptors (Lipinski definition) is 4. The molecular formula is C15H12BrN3O2. The van der Waals surface area contributed by atoms with Crippen LogP contribution >= 0.6 is 15.9 Å². The Morgan fingerprint density at radius 1 is 1.29 bits per heavy atom. The van der Waals surface area contributed by atoms with Gasteiger partial charge >= 0.3 is 0 Å². The van der Waals surface area contributed by atoms with E-state index in [1.165, 1.54) is 0 Å². The van der Waals surface area contributed by atoms with Crippen molar-refractivity contribution in [2.24, 2.45) is 0 Å². The molecule has 0 amide bonds. The third-order valence-corrected chi connectivity index (χ3v) is 3.85. The smallest absolute Gasteiger partial charge is 0.258 e. The first-order valence-corrected chi connectivity index (χ1v) is 7.27. The minimum absolute atomic E-state index is 0.243. The van der Waals surface area contributed by atoms with E-state index in [0.717, 1.165) is 10.9 Å². The average molecular weight is 346 g/mol. The Morgan fingerprint density at radius 2 is 2.05 bits per heavy atom. The van der Waals surface area contributed by atoms with Gasteiger partial charge < -0.3 is 10.1 Å². The van der Waals surface area contributed by atoms with Crippen molar-refractivity contribution in [3.05, 3.63) is 50.7 Å². The number of aromatic nitrogens is 3. The lowest BCUT2D eigenvalue weighted by Crippen LogP contribution is -2.15. The lowest BCUT2D eigenvalue weighted by Gasteiger charge is -2.07. The number of halogens is 1. The van der Waals surface area contributed by atoms with Gasteiger partial charge in [0, 0.05) is 9.86 Å². The minimum Gasteiger partial charge on any atom is -0.493 e. The molecule has 0 atom stereocenters. The van der Waals surface area contributed by atoms with Crippen LogP contribution in [0.1, 0.15) is 12.5 Å². The monoisotopic (exact) mass is 345 g/mol. The summed E-state index contributed by atoms with van der Waals surface area (Å²) in [6.45, 7) is 1.79. The van der Waals surface area contributed by atoms with Crippen LogP contribution in [0.4, 0.5) is 0 Å². The number of nitrogens with zero attached hydrogens (tertiary/aromatic N) is 2. The number of para-hydroxylation sites is 1. The van der Waals surface area contributed by atoms with Crippen molar-refractivity contribution in [3.8, 4) is 17.4 Å². The van der Waals surface area contributed by atoms with Crippen LogP contribution in [0.3, 0.4) is 0 Å². The number of benzene rings is 1. The van der Waals surface area contributed by atoms with E-state index < -0.39 is 0 Å². The maximum absolute atomic E-state index is 11.9. The Labute approximate surface area is 128 Å². The molecule has 0 fully saturated rings. The summed E-state index contributed by atoms with van der Waals surface area (Å²) in [7, 11) is 0. The Balaban J connectivity index is 2.25. The van der Waals surface area contributed by atoms with Crippen LogP contribution in [0.25, 0.3) is 22.4 Å². The summed E-state index contributed by atoms with van der Waals surface area (Å²) in [4.78, 5) is 23.2. The van der Waals surface area contributed by atoms with Crippen molar-refractivity contribution >= 4 is 26.8 Å². The molecule has 0 aliphatic heterocycles. The third-order valence-electron chi connectivity index (χ3n) is 3.25. The summed E-state index contributed by atoms with van der Waals surface area (Å²) in [6, 6.07) is 9.55. The average Bonchev–Trinajstić information content (AvgIpc) is 2.46. The van der Waals surface area contributed by atoms with Gasteiger partial charge in [-0.15, -0.1) is 0 Å². The summed E-state index contributed by atoms with van der Waals surface area (Å²) in [5.41, 5.74) is 1.21. The maximum Gasteiger partial charge on any atom is 0.258 e. The van der Waals surface area contributed by atoms with E-state index in [4.69, 9.17) is 0 Å². The van der Waals surface area contributed by atoms with Crippen LogP contribution in [0.2, 0.25) is 0 Å². The SMILES string of the molecule is CCc1c(O)nc(-c2nc3ccccc3cc2Br)[nH]c1=O. The Hall–Kier alpha value is -2.21. The fraction of sp³-hybridized carbons (Fsp3) is 0.133. The molecule has 106 valence electrons. The molecule has 0 radical (unpaired) electrons. The van der Waals surface area contributed by atoms with E-state index in [9.17, 15) is 9.90 Å². The first-order valence-electron chi connectivity index (χ1n) is 6.48. The summed E-state index contributed by atoms with van der Waals surface area (Å²) in [5.74, 6) is -0.00885. The van der Waals surface area contributed by atoms with Gasteiger partial charge in [0.1, 0.15) is 5.69 Å². The zero-order valence-electron chi connectivity index (χ0n) is 11.2. The van der Waals surface area contributed by atoms with Gasteiger partial charge in [0.05, 0.1) is 11.1 Å². The van der Waals surface area contributed by atoms with Gasteiger partial charge in [0.15, 0.2) is 5.82 Å². The van der Waals surface area contributed by atoms with Crippen molar-refractivity contribution in [1.82, 2.24) is 15.0 Å².